The fourth-order valence-electron chi connectivity index (χ4n) is 2.44. The molecule has 0 radical (unpaired) electrons. The van der Waals surface area contributed by atoms with E-state index in [9.17, 15) is 8.42 Å². The first-order valence-corrected chi connectivity index (χ1v) is 8.37. The summed E-state index contributed by atoms with van der Waals surface area (Å²) >= 11 is 0. The molecule has 0 atom stereocenters. The van der Waals surface area contributed by atoms with E-state index in [0.29, 0.717) is 24.4 Å². The van der Waals surface area contributed by atoms with Gasteiger partial charge >= 0.3 is 0 Å². The van der Waals surface area contributed by atoms with Gasteiger partial charge < -0.3 is 4.57 Å². The largest absolute Gasteiger partial charge is 0.336 e. The number of fused-ring (bicyclic) bond motifs is 1. The van der Waals surface area contributed by atoms with E-state index in [4.69, 9.17) is 0 Å². The van der Waals surface area contributed by atoms with Crippen LogP contribution in [0.25, 0.3) is 6.08 Å². The molecule has 21 heavy (non-hydrogen) atoms. The first-order chi connectivity index (χ1) is 10.1. The van der Waals surface area contributed by atoms with Gasteiger partial charge in [0.2, 0.25) is 10.0 Å². The van der Waals surface area contributed by atoms with E-state index in [-0.39, 0.29) is 0 Å². The number of hydrogen-bond acceptors (Lipinski definition) is 3. The Hall–Kier alpha value is -1.92. The third-order valence-corrected chi connectivity index (χ3v) is 5.18. The molecule has 0 saturated heterocycles. The predicted octanol–water partition coefficient (Wildman–Crippen LogP) is 1.79. The molecular formula is C15H17N3O2S. The van der Waals surface area contributed by atoms with Crippen molar-refractivity contribution < 1.29 is 8.42 Å². The third kappa shape index (κ3) is 3.22. The molecule has 0 saturated carbocycles. The zero-order valence-corrected chi connectivity index (χ0v) is 12.4. The van der Waals surface area contributed by atoms with Crippen LogP contribution in [0.4, 0.5) is 0 Å². The van der Waals surface area contributed by atoms with Crippen LogP contribution in [-0.2, 0) is 23.0 Å². The zero-order valence-electron chi connectivity index (χ0n) is 11.6. The number of hydrogen-bond donors (Lipinski definition) is 1. The predicted molar refractivity (Wildman–Crippen MR) is 81.9 cm³/mol. The van der Waals surface area contributed by atoms with Crippen LogP contribution >= 0.6 is 0 Å². The van der Waals surface area contributed by atoms with E-state index < -0.39 is 10.0 Å². The van der Waals surface area contributed by atoms with Crippen LogP contribution in [0.15, 0.2) is 47.9 Å². The molecule has 2 aromatic rings. The van der Waals surface area contributed by atoms with Crippen LogP contribution in [0.1, 0.15) is 17.5 Å². The van der Waals surface area contributed by atoms with Crippen molar-refractivity contribution in [3.05, 3.63) is 59.0 Å². The monoisotopic (exact) mass is 303 g/mol. The summed E-state index contributed by atoms with van der Waals surface area (Å²) in [5, 5.41) is 0. The van der Waals surface area contributed by atoms with E-state index in [1.54, 1.807) is 18.6 Å². The number of allylic oxidation sites excluding steroid dienone is 1. The van der Waals surface area contributed by atoms with Crippen molar-refractivity contribution in [1.82, 2.24) is 14.3 Å². The maximum Gasteiger partial charge on any atom is 0.236 e. The van der Waals surface area contributed by atoms with Crippen molar-refractivity contribution in [3.8, 4) is 0 Å². The molecular weight excluding hydrogens is 286 g/mol. The lowest BCUT2D eigenvalue weighted by molar-refractivity contribution is 0.577. The number of aryl methyl sites for hydroxylation is 1. The molecule has 6 heteroatoms. The van der Waals surface area contributed by atoms with Gasteiger partial charge in [-0.15, -0.1) is 0 Å². The molecule has 110 valence electrons. The average molecular weight is 303 g/mol. The Labute approximate surface area is 124 Å². The second-order valence-corrected chi connectivity index (χ2v) is 6.83. The Morgan fingerprint density at radius 1 is 1.24 bits per heavy atom. The third-order valence-electron chi connectivity index (χ3n) is 3.58. The Balaban J connectivity index is 1.69. The van der Waals surface area contributed by atoms with E-state index in [1.165, 1.54) is 5.56 Å². The highest BCUT2D eigenvalue weighted by Gasteiger charge is 2.20. The molecule has 0 amide bonds. The topological polar surface area (TPSA) is 64.0 Å². The Bertz CT molecular complexity index is 749. The van der Waals surface area contributed by atoms with Crippen LogP contribution in [0.3, 0.4) is 0 Å². The molecule has 1 N–H and O–H groups in total. The summed E-state index contributed by atoms with van der Waals surface area (Å²) in [7, 11) is -3.40. The minimum absolute atomic E-state index is 0.359. The smallest absolute Gasteiger partial charge is 0.236 e. The highest BCUT2D eigenvalue weighted by molar-refractivity contribution is 7.93. The van der Waals surface area contributed by atoms with Gasteiger partial charge in [0.1, 0.15) is 0 Å². The lowest BCUT2D eigenvalue weighted by Crippen LogP contribution is -2.29. The van der Waals surface area contributed by atoms with Gasteiger partial charge in [0, 0.05) is 25.5 Å². The number of aromatic nitrogens is 2. The summed E-state index contributed by atoms with van der Waals surface area (Å²) in [5.74, 6) is 0. The average Bonchev–Trinajstić information content (AvgIpc) is 3.00. The minimum Gasteiger partial charge on any atom is -0.336 e. The van der Waals surface area contributed by atoms with Crippen molar-refractivity contribution in [3.63, 3.8) is 0 Å². The van der Waals surface area contributed by atoms with Crippen LogP contribution < -0.4 is 4.72 Å². The lowest BCUT2D eigenvalue weighted by atomic mass is 9.98. The quantitative estimate of drug-likeness (QED) is 0.916. The fraction of sp³-hybridized carbons (Fsp3) is 0.267. The van der Waals surface area contributed by atoms with Crippen LogP contribution in [0.2, 0.25) is 0 Å². The Kier molecular flexibility index (Phi) is 3.90. The van der Waals surface area contributed by atoms with E-state index >= 15 is 0 Å². The highest BCUT2D eigenvalue weighted by atomic mass is 32.2. The number of sulfonamides is 1. The van der Waals surface area contributed by atoms with Gasteiger partial charge in [0.25, 0.3) is 0 Å². The minimum atomic E-state index is -3.40. The summed E-state index contributed by atoms with van der Waals surface area (Å²) in [4.78, 5) is 4.39. The number of imidazole rings is 1. The highest BCUT2D eigenvalue weighted by Crippen LogP contribution is 2.26. The molecule has 1 aromatic carbocycles. The van der Waals surface area contributed by atoms with E-state index in [1.807, 2.05) is 35.0 Å². The summed E-state index contributed by atoms with van der Waals surface area (Å²) in [5.41, 5.74) is 2.20. The van der Waals surface area contributed by atoms with Gasteiger partial charge in [-0.25, -0.2) is 18.1 Å². The zero-order chi connectivity index (χ0) is 14.7. The molecule has 0 aliphatic heterocycles. The second-order valence-electron chi connectivity index (χ2n) is 5.01. The summed E-state index contributed by atoms with van der Waals surface area (Å²) < 4.78 is 29.1. The van der Waals surface area contributed by atoms with Crippen molar-refractivity contribution in [2.75, 3.05) is 6.54 Å². The van der Waals surface area contributed by atoms with Crippen LogP contribution in [-0.4, -0.2) is 24.5 Å². The first kappa shape index (κ1) is 14.0. The van der Waals surface area contributed by atoms with Crippen LogP contribution in [0, 0.1) is 0 Å². The van der Waals surface area contributed by atoms with Crippen LogP contribution in [0.5, 0.6) is 0 Å². The molecule has 0 bridgehead atoms. The number of benzene rings is 1. The Morgan fingerprint density at radius 3 is 2.90 bits per heavy atom. The molecule has 1 aliphatic rings. The van der Waals surface area contributed by atoms with E-state index in [2.05, 4.69) is 9.71 Å². The standard InChI is InChI=1S/C15H17N3O2S/c19-21(20,17-8-10-18-9-7-16-12-18)15-6-5-13-3-1-2-4-14(13)11-15/h1-4,7,9,11-12,17H,5-6,8,10H2. The van der Waals surface area contributed by atoms with E-state index in [0.717, 1.165) is 12.0 Å². The maximum absolute atomic E-state index is 12.3. The van der Waals surface area contributed by atoms with Crippen molar-refractivity contribution in [2.24, 2.45) is 0 Å². The fourth-order valence-corrected chi connectivity index (χ4v) is 3.64. The first-order valence-electron chi connectivity index (χ1n) is 6.89. The lowest BCUT2D eigenvalue weighted by Gasteiger charge is -2.17. The van der Waals surface area contributed by atoms with Crippen molar-refractivity contribution in [2.45, 2.75) is 19.4 Å². The number of nitrogens with one attached hydrogen (secondary N) is 1. The van der Waals surface area contributed by atoms with Gasteiger partial charge in [0.05, 0.1) is 11.2 Å². The SMILES string of the molecule is O=S(=O)(NCCn1ccnc1)C1=Cc2ccccc2CC1. The normalized spacial score (nSPS) is 14.6. The van der Waals surface area contributed by atoms with Gasteiger partial charge in [0.15, 0.2) is 0 Å². The maximum atomic E-state index is 12.3. The van der Waals surface area contributed by atoms with Crippen molar-refractivity contribution in [1.29, 1.82) is 0 Å². The van der Waals surface area contributed by atoms with Gasteiger partial charge in [-0.1, -0.05) is 24.3 Å². The summed E-state index contributed by atoms with van der Waals surface area (Å²) in [6.07, 6.45) is 8.25. The molecule has 0 fully saturated rings. The molecule has 0 unspecified atom stereocenters. The Morgan fingerprint density at radius 2 is 2.10 bits per heavy atom. The van der Waals surface area contributed by atoms with Gasteiger partial charge in [-0.2, -0.15) is 0 Å². The summed E-state index contributed by atoms with van der Waals surface area (Å²) in [6, 6.07) is 7.91. The number of rotatable bonds is 5. The molecule has 3 rings (SSSR count). The molecule has 1 heterocycles. The molecule has 5 nitrogen and oxygen atoms in total. The molecule has 1 aromatic heterocycles. The molecule has 0 spiro atoms. The summed E-state index contributed by atoms with van der Waals surface area (Å²) in [6.45, 7) is 0.931. The second kappa shape index (κ2) is 5.83. The number of nitrogens with zero attached hydrogens (tertiary/aromatic N) is 2. The van der Waals surface area contributed by atoms with Gasteiger partial charge in [-0.05, 0) is 30.0 Å². The van der Waals surface area contributed by atoms with Gasteiger partial charge in [-0.3, -0.25) is 0 Å². The molecule has 1 aliphatic carbocycles. The van der Waals surface area contributed by atoms with Crippen molar-refractivity contribution >= 4 is 16.1 Å².